The van der Waals surface area contributed by atoms with Gasteiger partial charge in [0.1, 0.15) is 15.9 Å². The molecule has 0 saturated carbocycles. The fourth-order valence-electron chi connectivity index (χ4n) is 2.34. The summed E-state index contributed by atoms with van der Waals surface area (Å²) in [7, 11) is -3.63. The molecule has 0 radical (unpaired) electrons. The molecule has 1 aliphatic rings. The van der Waals surface area contributed by atoms with Gasteiger partial charge in [0.05, 0.1) is 13.1 Å². The Hall–Kier alpha value is -1.65. The van der Waals surface area contributed by atoms with Crippen LogP contribution in [-0.4, -0.2) is 36.9 Å². The van der Waals surface area contributed by atoms with E-state index >= 15 is 0 Å². The van der Waals surface area contributed by atoms with Crippen molar-refractivity contribution in [2.75, 3.05) is 13.1 Å². The maximum absolute atomic E-state index is 12.9. The van der Waals surface area contributed by atoms with Crippen molar-refractivity contribution in [1.82, 2.24) is 9.29 Å². The molecular weight excluding hydrogens is 377 g/mol. The van der Waals surface area contributed by atoms with Crippen molar-refractivity contribution in [2.24, 2.45) is 0 Å². The van der Waals surface area contributed by atoms with Crippen molar-refractivity contribution >= 4 is 21.4 Å². The van der Waals surface area contributed by atoms with Gasteiger partial charge in [-0.2, -0.15) is 17.5 Å². The molecular formula is C15H15F3N2O3S2. The van der Waals surface area contributed by atoms with Crippen LogP contribution in [0.1, 0.15) is 17.4 Å². The third kappa shape index (κ3) is 3.65. The maximum atomic E-state index is 12.9. The van der Waals surface area contributed by atoms with E-state index in [4.69, 9.17) is 4.74 Å². The van der Waals surface area contributed by atoms with Crippen molar-refractivity contribution < 1.29 is 26.3 Å². The molecule has 1 saturated heterocycles. The highest BCUT2D eigenvalue weighted by Gasteiger charge is 2.41. The molecule has 0 atom stereocenters. The quantitative estimate of drug-likeness (QED) is 0.784. The predicted octanol–water partition coefficient (Wildman–Crippen LogP) is 3.18. The zero-order valence-electron chi connectivity index (χ0n) is 13.2. The van der Waals surface area contributed by atoms with Gasteiger partial charge in [-0.1, -0.05) is 6.92 Å². The van der Waals surface area contributed by atoms with Crippen LogP contribution in [0.15, 0.2) is 34.7 Å². The van der Waals surface area contributed by atoms with E-state index in [0.717, 1.165) is 17.4 Å². The van der Waals surface area contributed by atoms with Crippen molar-refractivity contribution in [2.45, 2.75) is 29.8 Å². The first-order valence-corrected chi connectivity index (χ1v) is 9.75. The number of sulfonamides is 1. The van der Waals surface area contributed by atoms with E-state index in [1.54, 1.807) is 12.1 Å². The third-order valence-corrected chi connectivity index (χ3v) is 7.28. The van der Waals surface area contributed by atoms with Gasteiger partial charge in [-0.05, 0) is 30.7 Å². The van der Waals surface area contributed by atoms with Crippen LogP contribution in [0, 0.1) is 0 Å². The standard InChI is InChI=1S/C15H15F3N2O3S2/c1-2-11-5-6-13(24-11)25(21,22)20-8-10(9-20)23-14-12(15(16,17)18)4-3-7-19-14/h3-7,10H,2,8-9H2,1H3. The molecule has 0 amide bonds. The zero-order chi connectivity index (χ0) is 18.2. The van der Waals surface area contributed by atoms with E-state index in [2.05, 4.69) is 4.98 Å². The number of alkyl halides is 3. The van der Waals surface area contributed by atoms with Crippen LogP contribution in [0.4, 0.5) is 13.2 Å². The summed E-state index contributed by atoms with van der Waals surface area (Å²) in [6.45, 7) is 1.92. The first kappa shape index (κ1) is 18.2. The van der Waals surface area contributed by atoms with Crippen molar-refractivity contribution in [3.63, 3.8) is 0 Å². The molecule has 25 heavy (non-hydrogen) atoms. The van der Waals surface area contributed by atoms with Gasteiger partial charge >= 0.3 is 6.18 Å². The Morgan fingerprint density at radius 1 is 1.32 bits per heavy atom. The molecule has 2 aromatic heterocycles. The Morgan fingerprint density at radius 3 is 2.64 bits per heavy atom. The van der Waals surface area contributed by atoms with Gasteiger partial charge in [0.15, 0.2) is 0 Å². The number of hydrogen-bond acceptors (Lipinski definition) is 5. The van der Waals surface area contributed by atoms with Gasteiger partial charge < -0.3 is 4.74 Å². The minimum atomic E-state index is -4.58. The summed E-state index contributed by atoms with van der Waals surface area (Å²) in [6, 6.07) is 5.37. The van der Waals surface area contributed by atoms with Gasteiger partial charge in [0, 0.05) is 11.1 Å². The van der Waals surface area contributed by atoms with Crippen LogP contribution in [0.25, 0.3) is 0 Å². The number of hydrogen-bond donors (Lipinski definition) is 0. The minimum absolute atomic E-state index is 0.00440. The van der Waals surface area contributed by atoms with Crippen molar-refractivity contribution in [3.8, 4) is 5.88 Å². The van der Waals surface area contributed by atoms with Gasteiger partial charge in [-0.3, -0.25) is 0 Å². The van der Waals surface area contributed by atoms with Crippen molar-refractivity contribution in [1.29, 1.82) is 0 Å². The molecule has 0 aliphatic carbocycles. The summed E-state index contributed by atoms with van der Waals surface area (Å²) in [5, 5.41) is 0. The van der Waals surface area contributed by atoms with E-state index in [1.807, 2.05) is 6.92 Å². The summed E-state index contributed by atoms with van der Waals surface area (Å²) >= 11 is 1.20. The minimum Gasteiger partial charge on any atom is -0.471 e. The van der Waals surface area contributed by atoms with Crippen LogP contribution in [0.5, 0.6) is 5.88 Å². The van der Waals surface area contributed by atoms with E-state index in [0.29, 0.717) is 0 Å². The number of aromatic nitrogens is 1. The number of pyridine rings is 1. The number of ether oxygens (including phenoxy) is 1. The SMILES string of the molecule is CCc1ccc(S(=O)(=O)N2CC(Oc3ncccc3C(F)(F)F)C2)s1. The average molecular weight is 392 g/mol. The van der Waals surface area contributed by atoms with Crippen LogP contribution >= 0.6 is 11.3 Å². The monoisotopic (exact) mass is 392 g/mol. The second-order valence-electron chi connectivity index (χ2n) is 5.49. The number of rotatable bonds is 5. The molecule has 3 heterocycles. The lowest BCUT2D eigenvalue weighted by atomic mass is 10.2. The molecule has 136 valence electrons. The lowest BCUT2D eigenvalue weighted by Crippen LogP contribution is -2.56. The zero-order valence-corrected chi connectivity index (χ0v) is 14.8. The molecule has 0 unspecified atom stereocenters. The highest BCUT2D eigenvalue weighted by atomic mass is 32.2. The van der Waals surface area contributed by atoms with E-state index in [9.17, 15) is 21.6 Å². The largest absolute Gasteiger partial charge is 0.471 e. The Morgan fingerprint density at radius 2 is 2.04 bits per heavy atom. The number of aryl methyl sites for hydroxylation is 1. The Balaban J connectivity index is 1.67. The summed E-state index contributed by atoms with van der Waals surface area (Å²) in [4.78, 5) is 4.57. The topological polar surface area (TPSA) is 59.5 Å². The second kappa shape index (κ2) is 6.58. The molecule has 0 bridgehead atoms. The van der Waals surface area contributed by atoms with Gasteiger partial charge in [0.2, 0.25) is 5.88 Å². The molecule has 3 rings (SSSR count). The number of halogens is 3. The van der Waals surface area contributed by atoms with Gasteiger partial charge in [0.25, 0.3) is 10.0 Å². The van der Waals surface area contributed by atoms with E-state index in [1.165, 1.54) is 27.9 Å². The molecule has 5 nitrogen and oxygen atoms in total. The highest BCUT2D eigenvalue weighted by molar-refractivity contribution is 7.91. The highest BCUT2D eigenvalue weighted by Crippen LogP contribution is 2.36. The molecule has 0 aromatic carbocycles. The lowest BCUT2D eigenvalue weighted by molar-refractivity contribution is -0.140. The van der Waals surface area contributed by atoms with Crippen LogP contribution in [0.3, 0.4) is 0 Å². The molecule has 2 aromatic rings. The molecule has 0 N–H and O–H groups in total. The van der Waals surface area contributed by atoms with E-state index < -0.39 is 33.7 Å². The second-order valence-corrected chi connectivity index (χ2v) is 8.82. The van der Waals surface area contributed by atoms with Gasteiger partial charge in [-0.15, -0.1) is 11.3 Å². The van der Waals surface area contributed by atoms with E-state index in [-0.39, 0.29) is 17.3 Å². The average Bonchev–Trinajstić information content (AvgIpc) is 2.99. The smallest absolute Gasteiger partial charge is 0.421 e. The number of thiophene rings is 1. The summed E-state index contributed by atoms with van der Waals surface area (Å²) < 4.78 is 70.4. The maximum Gasteiger partial charge on any atom is 0.421 e. The number of nitrogens with zero attached hydrogens (tertiary/aromatic N) is 2. The van der Waals surface area contributed by atoms with Crippen LogP contribution < -0.4 is 4.74 Å². The summed E-state index contributed by atoms with van der Waals surface area (Å²) in [6.07, 6.45) is -3.29. The molecule has 1 fully saturated rings. The summed E-state index contributed by atoms with van der Waals surface area (Å²) in [5.74, 6) is -0.526. The van der Waals surface area contributed by atoms with Gasteiger partial charge in [-0.25, -0.2) is 13.4 Å². The first-order chi connectivity index (χ1) is 11.7. The third-order valence-electron chi connectivity index (χ3n) is 3.75. The first-order valence-electron chi connectivity index (χ1n) is 7.49. The Labute approximate surface area is 147 Å². The van der Waals surface area contributed by atoms with Crippen molar-refractivity contribution in [3.05, 3.63) is 40.9 Å². The summed E-state index contributed by atoms with van der Waals surface area (Å²) in [5.41, 5.74) is -0.970. The van der Waals surface area contributed by atoms with Crippen LogP contribution in [0.2, 0.25) is 0 Å². The van der Waals surface area contributed by atoms with Crippen LogP contribution in [-0.2, 0) is 22.6 Å². The molecule has 1 aliphatic heterocycles. The fraction of sp³-hybridized carbons (Fsp3) is 0.400. The normalized spacial score (nSPS) is 16.6. The molecule has 0 spiro atoms. The fourth-order valence-corrected chi connectivity index (χ4v) is 5.30. The Bertz CT molecular complexity index is 859. The Kier molecular flexibility index (Phi) is 4.78. The lowest BCUT2D eigenvalue weighted by Gasteiger charge is -2.37. The molecule has 10 heteroatoms. The predicted molar refractivity (Wildman–Crippen MR) is 86.1 cm³/mol.